The summed E-state index contributed by atoms with van der Waals surface area (Å²) in [5, 5.41) is 11.4. The molecule has 22 heavy (non-hydrogen) atoms. The van der Waals surface area contributed by atoms with E-state index in [9.17, 15) is 9.59 Å². The molecule has 0 unspecified atom stereocenters. The van der Waals surface area contributed by atoms with Gasteiger partial charge in [0.15, 0.2) is 5.69 Å². The van der Waals surface area contributed by atoms with Crippen molar-refractivity contribution in [3.8, 4) is 17.3 Å². The maximum atomic E-state index is 10.8. The van der Waals surface area contributed by atoms with Gasteiger partial charge < -0.3 is 19.6 Å². The Hall–Kier alpha value is -2.90. The van der Waals surface area contributed by atoms with Crippen molar-refractivity contribution < 1.29 is 23.8 Å². The smallest absolute Gasteiger partial charge is 0.357 e. The molecule has 0 fully saturated rings. The average molecular weight is 305 g/mol. The molecule has 1 amide bonds. The summed E-state index contributed by atoms with van der Waals surface area (Å²) in [6.07, 6.45) is 4.85. The number of aromatic carboxylic acids is 1. The molecule has 0 saturated heterocycles. The third-order valence-corrected chi connectivity index (χ3v) is 2.75. The predicted molar refractivity (Wildman–Crippen MR) is 75.5 cm³/mol. The van der Waals surface area contributed by atoms with Gasteiger partial charge in [0.25, 0.3) is 0 Å². The first-order valence-corrected chi connectivity index (χ1v) is 6.66. The lowest BCUT2D eigenvalue weighted by molar-refractivity contribution is -0.109. The van der Waals surface area contributed by atoms with E-state index in [0.29, 0.717) is 31.0 Å². The largest absolute Gasteiger partial charge is 0.478 e. The first kappa shape index (κ1) is 15.5. The number of unbranched alkanes of at least 4 members (excludes halogenated alkanes) is 1. The minimum atomic E-state index is -1.15. The molecule has 0 aromatic carbocycles. The fraction of sp³-hybridized carbons (Fsp3) is 0.286. The van der Waals surface area contributed by atoms with Crippen molar-refractivity contribution in [3.63, 3.8) is 0 Å². The van der Waals surface area contributed by atoms with Crippen molar-refractivity contribution in [2.75, 3.05) is 13.2 Å². The van der Waals surface area contributed by atoms with E-state index in [2.05, 4.69) is 15.3 Å². The van der Waals surface area contributed by atoms with Crippen LogP contribution in [-0.4, -0.2) is 40.6 Å². The van der Waals surface area contributed by atoms with E-state index in [1.165, 1.54) is 6.20 Å². The van der Waals surface area contributed by atoms with E-state index in [1.807, 2.05) is 0 Å². The van der Waals surface area contributed by atoms with E-state index in [1.54, 1.807) is 12.1 Å². The van der Waals surface area contributed by atoms with Gasteiger partial charge in [-0.3, -0.25) is 4.79 Å². The van der Waals surface area contributed by atoms with Crippen molar-refractivity contribution in [2.45, 2.75) is 12.8 Å². The third-order valence-electron chi connectivity index (χ3n) is 2.75. The van der Waals surface area contributed by atoms with Gasteiger partial charge in [-0.1, -0.05) is 0 Å². The molecule has 0 bridgehead atoms. The zero-order valence-corrected chi connectivity index (χ0v) is 11.7. The van der Waals surface area contributed by atoms with E-state index in [4.69, 9.17) is 14.3 Å². The number of carboxylic acid groups (broad SMARTS) is 1. The first-order valence-electron chi connectivity index (χ1n) is 6.66. The molecule has 2 N–H and O–H groups in total. The fourth-order valence-corrected chi connectivity index (χ4v) is 1.69. The van der Waals surface area contributed by atoms with Crippen LogP contribution >= 0.6 is 0 Å². The van der Waals surface area contributed by atoms with Crippen LogP contribution in [-0.2, 0) is 4.79 Å². The van der Waals surface area contributed by atoms with E-state index in [0.717, 1.165) is 19.1 Å². The van der Waals surface area contributed by atoms with Crippen LogP contribution in [0.15, 0.2) is 29.0 Å². The summed E-state index contributed by atoms with van der Waals surface area (Å²) < 4.78 is 10.6. The average Bonchev–Trinajstić information content (AvgIpc) is 3.01. The molecule has 0 aliphatic heterocycles. The summed E-state index contributed by atoms with van der Waals surface area (Å²) in [7, 11) is 0. The van der Waals surface area contributed by atoms with Crippen LogP contribution in [0.25, 0.3) is 11.5 Å². The summed E-state index contributed by atoms with van der Waals surface area (Å²) in [5.41, 5.74) is 0.428. The van der Waals surface area contributed by atoms with Gasteiger partial charge in [0, 0.05) is 24.4 Å². The number of oxazole rings is 1. The monoisotopic (exact) mass is 305 g/mol. The zero-order chi connectivity index (χ0) is 15.8. The van der Waals surface area contributed by atoms with Crippen molar-refractivity contribution in [1.82, 2.24) is 15.3 Å². The number of nitrogens with zero attached hydrogens (tertiary/aromatic N) is 2. The van der Waals surface area contributed by atoms with Gasteiger partial charge in [-0.2, -0.15) is 0 Å². The van der Waals surface area contributed by atoms with E-state index >= 15 is 0 Å². The van der Waals surface area contributed by atoms with Crippen molar-refractivity contribution in [3.05, 3.63) is 30.3 Å². The molecule has 0 spiro atoms. The lowest BCUT2D eigenvalue weighted by Crippen LogP contribution is -2.13. The Morgan fingerprint density at radius 1 is 1.45 bits per heavy atom. The van der Waals surface area contributed by atoms with Crippen LogP contribution in [0, 0.1) is 0 Å². The molecular weight excluding hydrogens is 290 g/mol. The predicted octanol–water partition coefficient (Wildman–Crippen LogP) is 1.34. The highest BCUT2D eigenvalue weighted by Gasteiger charge is 2.12. The Bertz CT molecular complexity index is 641. The number of carbonyl (C=O) groups is 2. The van der Waals surface area contributed by atoms with Gasteiger partial charge in [0.1, 0.15) is 6.26 Å². The second-order valence-corrected chi connectivity index (χ2v) is 4.35. The Kier molecular flexibility index (Phi) is 5.47. The topological polar surface area (TPSA) is 115 Å². The number of amides is 1. The van der Waals surface area contributed by atoms with E-state index < -0.39 is 5.97 Å². The van der Waals surface area contributed by atoms with Crippen LogP contribution in [0.1, 0.15) is 23.3 Å². The molecule has 0 atom stereocenters. The minimum absolute atomic E-state index is 0.156. The number of aromatic nitrogens is 2. The van der Waals surface area contributed by atoms with Gasteiger partial charge in [0.05, 0.1) is 6.61 Å². The summed E-state index contributed by atoms with van der Waals surface area (Å²) in [6, 6.07) is 3.28. The maximum absolute atomic E-state index is 10.8. The lowest BCUT2D eigenvalue weighted by atomic mass is 10.2. The van der Waals surface area contributed by atoms with Crippen molar-refractivity contribution in [1.29, 1.82) is 0 Å². The summed E-state index contributed by atoms with van der Waals surface area (Å²) in [6.45, 7) is 1.07. The molecule has 2 heterocycles. The second kappa shape index (κ2) is 7.77. The zero-order valence-electron chi connectivity index (χ0n) is 11.7. The highest BCUT2D eigenvalue weighted by Crippen LogP contribution is 2.21. The molecule has 2 aromatic heterocycles. The van der Waals surface area contributed by atoms with Gasteiger partial charge in [-0.15, -0.1) is 0 Å². The molecule has 0 aliphatic rings. The van der Waals surface area contributed by atoms with Gasteiger partial charge in [-0.25, -0.2) is 14.8 Å². The number of ether oxygens (including phenoxy) is 1. The van der Waals surface area contributed by atoms with Gasteiger partial charge >= 0.3 is 5.97 Å². The summed E-state index contributed by atoms with van der Waals surface area (Å²) >= 11 is 0. The molecular formula is C14H15N3O5. The third kappa shape index (κ3) is 4.30. The highest BCUT2D eigenvalue weighted by molar-refractivity contribution is 5.85. The van der Waals surface area contributed by atoms with E-state index in [-0.39, 0.29) is 11.6 Å². The molecule has 0 aliphatic carbocycles. The number of nitrogens with one attached hydrogen (secondary N) is 1. The Balaban J connectivity index is 1.91. The minimum Gasteiger partial charge on any atom is -0.478 e. The van der Waals surface area contributed by atoms with Crippen LogP contribution in [0.2, 0.25) is 0 Å². The summed E-state index contributed by atoms with van der Waals surface area (Å²) in [5.74, 6) is -0.555. The summed E-state index contributed by atoms with van der Waals surface area (Å²) in [4.78, 5) is 28.8. The lowest BCUT2D eigenvalue weighted by Gasteiger charge is -2.05. The SMILES string of the molecule is O=CNCCCCOc1cc(-c2nc(C(=O)O)co2)ccn1. The number of carboxylic acids is 1. The molecule has 8 heteroatoms. The maximum Gasteiger partial charge on any atom is 0.357 e. The number of pyridine rings is 1. The molecule has 0 saturated carbocycles. The number of hydrogen-bond donors (Lipinski definition) is 2. The van der Waals surface area contributed by atoms with Crippen LogP contribution in [0.5, 0.6) is 5.88 Å². The highest BCUT2D eigenvalue weighted by atomic mass is 16.5. The number of carbonyl (C=O) groups excluding carboxylic acids is 1. The molecule has 2 aromatic rings. The fourth-order valence-electron chi connectivity index (χ4n) is 1.69. The Morgan fingerprint density at radius 3 is 3.05 bits per heavy atom. The quantitative estimate of drug-likeness (QED) is 0.530. The standard InChI is InChI=1S/C14H15N3O5/c18-9-15-4-1-2-6-21-12-7-10(3-5-16-12)13-17-11(8-22-13)14(19)20/h3,5,7-9H,1-2,4,6H2,(H,15,18)(H,19,20). The van der Waals surface area contributed by atoms with Gasteiger partial charge in [0.2, 0.25) is 18.2 Å². The Morgan fingerprint density at radius 2 is 2.32 bits per heavy atom. The molecule has 2 rings (SSSR count). The Labute approximate surface area is 126 Å². The molecule has 0 radical (unpaired) electrons. The van der Waals surface area contributed by atoms with Crippen LogP contribution in [0.4, 0.5) is 0 Å². The first-order chi connectivity index (χ1) is 10.7. The van der Waals surface area contributed by atoms with Gasteiger partial charge in [-0.05, 0) is 18.9 Å². The van der Waals surface area contributed by atoms with Crippen LogP contribution in [0.3, 0.4) is 0 Å². The normalized spacial score (nSPS) is 10.2. The van der Waals surface area contributed by atoms with Crippen molar-refractivity contribution >= 4 is 12.4 Å². The van der Waals surface area contributed by atoms with Crippen LogP contribution < -0.4 is 10.1 Å². The molecule has 116 valence electrons. The second-order valence-electron chi connectivity index (χ2n) is 4.35. The number of hydrogen-bond acceptors (Lipinski definition) is 6. The number of rotatable bonds is 9. The molecule has 8 nitrogen and oxygen atoms in total. The van der Waals surface area contributed by atoms with Crippen molar-refractivity contribution in [2.24, 2.45) is 0 Å².